The van der Waals surface area contributed by atoms with Crippen LogP contribution in [0.15, 0.2) is 46.2 Å². The number of nitrogens with zero attached hydrogens (tertiary/aromatic N) is 1. The van der Waals surface area contributed by atoms with E-state index < -0.39 is 11.9 Å². The molecule has 0 spiro atoms. The molecule has 9 heteroatoms. The maximum atomic E-state index is 12.9. The lowest BCUT2D eigenvalue weighted by Crippen LogP contribution is -2.11. The number of hydrogen-bond donors (Lipinski definition) is 1. The fraction of sp³-hybridized carbons (Fsp3) is 0.167. The van der Waals surface area contributed by atoms with E-state index >= 15 is 0 Å². The largest absolute Gasteiger partial charge is 0.486 e. The predicted octanol–water partition coefficient (Wildman–Crippen LogP) is 3.42. The molecule has 0 saturated carbocycles. The molecule has 2 aromatic heterocycles. The number of amides is 1. The van der Waals surface area contributed by atoms with Gasteiger partial charge in [0.15, 0.2) is 10.9 Å². The second-order valence-electron chi connectivity index (χ2n) is 5.36. The highest BCUT2D eigenvalue weighted by Crippen LogP contribution is 2.19. The number of rotatable bonds is 7. The molecule has 2 heterocycles. The average molecular weight is 390 g/mol. The SMILES string of the molecule is COC(=O)Cc1csc(NC(=O)c2ccc(COc3ccc(F)cc3)o2)n1. The lowest BCUT2D eigenvalue weighted by Gasteiger charge is -2.03. The quantitative estimate of drug-likeness (QED) is 0.622. The van der Waals surface area contributed by atoms with E-state index in [4.69, 9.17) is 9.15 Å². The van der Waals surface area contributed by atoms with Gasteiger partial charge in [-0.25, -0.2) is 9.37 Å². The molecule has 0 aliphatic heterocycles. The summed E-state index contributed by atoms with van der Waals surface area (Å²) in [7, 11) is 1.30. The molecule has 1 N–H and O–H groups in total. The number of furan rings is 1. The van der Waals surface area contributed by atoms with Crippen molar-refractivity contribution in [1.29, 1.82) is 0 Å². The summed E-state index contributed by atoms with van der Waals surface area (Å²) in [5.41, 5.74) is 0.509. The minimum Gasteiger partial charge on any atom is -0.486 e. The third-order valence-electron chi connectivity index (χ3n) is 3.41. The highest BCUT2D eigenvalue weighted by Gasteiger charge is 2.15. The predicted molar refractivity (Wildman–Crippen MR) is 95.2 cm³/mol. The molecule has 0 aliphatic rings. The first-order valence-corrected chi connectivity index (χ1v) is 8.71. The molecule has 27 heavy (non-hydrogen) atoms. The first-order valence-electron chi connectivity index (χ1n) is 7.83. The number of carbonyl (C=O) groups excluding carboxylic acids is 2. The number of ether oxygens (including phenoxy) is 2. The molecule has 0 bridgehead atoms. The Bertz CT molecular complexity index is 935. The lowest BCUT2D eigenvalue weighted by atomic mass is 10.3. The molecule has 1 amide bonds. The summed E-state index contributed by atoms with van der Waals surface area (Å²) in [6, 6.07) is 8.71. The van der Waals surface area contributed by atoms with Crippen LogP contribution >= 0.6 is 11.3 Å². The average Bonchev–Trinajstić information content (AvgIpc) is 3.31. The maximum Gasteiger partial charge on any atom is 0.311 e. The van der Waals surface area contributed by atoms with Crippen LogP contribution in [0.25, 0.3) is 0 Å². The molecule has 3 aromatic rings. The Hall–Kier alpha value is -3.20. The van der Waals surface area contributed by atoms with Crippen LogP contribution in [0.1, 0.15) is 22.0 Å². The van der Waals surface area contributed by atoms with Gasteiger partial charge >= 0.3 is 5.97 Å². The molecule has 0 radical (unpaired) electrons. The van der Waals surface area contributed by atoms with E-state index in [9.17, 15) is 14.0 Å². The molecule has 7 nitrogen and oxygen atoms in total. The third kappa shape index (κ3) is 5.14. The van der Waals surface area contributed by atoms with Gasteiger partial charge in [0.05, 0.1) is 19.2 Å². The van der Waals surface area contributed by atoms with Crippen LogP contribution in [-0.2, 0) is 22.6 Å². The van der Waals surface area contributed by atoms with E-state index in [1.165, 1.54) is 48.8 Å². The van der Waals surface area contributed by atoms with Gasteiger partial charge in [-0.3, -0.25) is 14.9 Å². The van der Waals surface area contributed by atoms with Crippen molar-refractivity contribution in [3.05, 3.63) is 64.8 Å². The van der Waals surface area contributed by atoms with Crippen LogP contribution in [0.4, 0.5) is 9.52 Å². The number of anilines is 1. The number of halogens is 1. The number of benzene rings is 1. The fourth-order valence-electron chi connectivity index (χ4n) is 2.09. The number of thiazole rings is 1. The Labute approximate surface area is 157 Å². The highest BCUT2D eigenvalue weighted by atomic mass is 32.1. The van der Waals surface area contributed by atoms with Gasteiger partial charge in [-0.05, 0) is 36.4 Å². The van der Waals surface area contributed by atoms with Gasteiger partial charge in [0.25, 0.3) is 5.91 Å². The molecular weight excluding hydrogens is 375 g/mol. The summed E-state index contributed by atoms with van der Waals surface area (Å²) in [5.74, 6) is -0.208. The molecular formula is C18H15FN2O5S. The zero-order valence-electron chi connectivity index (χ0n) is 14.2. The fourth-order valence-corrected chi connectivity index (χ4v) is 2.79. The van der Waals surface area contributed by atoms with Gasteiger partial charge in [0.1, 0.15) is 23.9 Å². The van der Waals surface area contributed by atoms with Gasteiger partial charge in [-0.15, -0.1) is 11.3 Å². The van der Waals surface area contributed by atoms with Crippen molar-refractivity contribution in [3.8, 4) is 5.75 Å². The van der Waals surface area contributed by atoms with Gasteiger partial charge in [-0.1, -0.05) is 0 Å². The van der Waals surface area contributed by atoms with Crippen LogP contribution in [0.3, 0.4) is 0 Å². The lowest BCUT2D eigenvalue weighted by molar-refractivity contribution is -0.139. The molecule has 0 atom stereocenters. The zero-order chi connectivity index (χ0) is 19.2. The Morgan fingerprint density at radius 1 is 1.22 bits per heavy atom. The van der Waals surface area contributed by atoms with Crippen LogP contribution < -0.4 is 10.1 Å². The first kappa shape index (κ1) is 18.6. The van der Waals surface area contributed by atoms with Crippen LogP contribution in [-0.4, -0.2) is 24.0 Å². The van der Waals surface area contributed by atoms with Crippen molar-refractivity contribution in [2.45, 2.75) is 13.0 Å². The van der Waals surface area contributed by atoms with E-state index in [-0.39, 0.29) is 24.6 Å². The summed E-state index contributed by atoms with van der Waals surface area (Å²) in [6.45, 7) is 0.0967. The number of esters is 1. The Kier molecular flexibility index (Phi) is 5.82. The Morgan fingerprint density at radius 3 is 2.74 bits per heavy atom. The number of hydrogen-bond acceptors (Lipinski definition) is 7. The van der Waals surface area contributed by atoms with Crippen molar-refractivity contribution in [1.82, 2.24) is 4.98 Å². The van der Waals surface area contributed by atoms with Crippen molar-refractivity contribution >= 4 is 28.3 Å². The monoisotopic (exact) mass is 390 g/mol. The molecule has 0 unspecified atom stereocenters. The van der Waals surface area contributed by atoms with Gasteiger partial charge < -0.3 is 13.9 Å². The third-order valence-corrected chi connectivity index (χ3v) is 4.21. The molecule has 0 aliphatic carbocycles. The van der Waals surface area contributed by atoms with E-state index in [2.05, 4.69) is 15.0 Å². The molecule has 0 saturated heterocycles. The molecule has 0 fully saturated rings. The van der Waals surface area contributed by atoms with E-state index in [1.54, 1.807) is 11.4 Å². The normalized spacial score (nSPS) is 10.4. The van der Waals surface area contributed by atoms with E-state index in [1.807, 2.05) is 0 Å². The smallest absolute Gasteiger partial charge is 0.311 e. The molecule has 3 rings (SSSR count). The summed E-state index contributed by atoms with van der Waals surface area (Å²) >= 11 is 1.19. The van der Waals surface area contributed by atoms with Gasteiger partial charge in [0, 0.05) is 5.38 Å². The first-order chi connectivity index (χ1) is 13.0. The van der Waals surface area contributed by atoms with Crippen molar-refractivity contribution < 1.29 is 27.9 Å². The minimum absolute atomic E-state index is 0.0362. The maximum absolute atomic E-state index is 12.9. The molecule has 1 aromatic carbocycles. The van der Waals surface area contributed by atoms with Crippen LogP contribution in [0.2, 0.25) is 0 Å². The number of carbonyl (C=O) groups is 2. The van der Waals surface area contributed by atoms with Crippen LogP contribution in [0.5, 0.6) is 5.75 Å². The summed E-state index contributed by atoms with van der Waals surface area (Å²) in [5, 5.41) is 4.61. The minimum atomic E-state index is -0.470. The van der Waals surface area contributed by atoms with Gasteiger partial charge in [-0.2, -0.15) is 0 Å². The number of aromatic nitrogens is 1. The standard InChI is InChI=1S/C18H15FN2O5S/c1-24-16(22)8-12-10-27-18(20-12)21-17(23)15-7-6-14(26-15)9-25-13-4-2-11(19)3-5-13/h2-7,10H,8-9H2,1H3,(H,20,21,23). The summed E-state index contributed by atoms with van der Waals surface area (Å²) < 4.78 is 28.3. The highest BCUT2D eigenvalue weighted by molar-refractivity contribution is 7.14. The Balaban J connectivity index is 1.55. The van der Waals surface area contributed by atoms with Crippen molar-refractivity contribution in [2.24, 2.45) is 0 Å². The van der Waals surface area contributed by atoms with Crippen molar-refractivity contribution in [3.63, 3.8) is 0 Å². The van der Waals surface area contributed by atoms with Gasteiger partial charge in [0.2, 0.25) is 0 Å². The number of nitrogens with one attached hydrogen (secondary N) is 1. The Morgan fingerprint density at radius 2 is 2.00 bits per heavy atom. The van der Waals surface area contributed by atoms with Crippen molar-refractivity contribution in [2.75, 3.05) is 12.4 Å². The summed E-state index contributed by atoms with van der Waals surface area (Å²) in [6.07, 6.45) is 0.0362. The second-order valence-corrected chi connectivity index (χ2v) is 6.22. The van der Waals surface area contributed by atoms with E-state index in [0.29, 0.717) is 22.3 Å². The number of methoxy groups -OCH3 is 1. The van der Waals surface area contributed by atoms with E-state index in [0.717, 1.165) is 0 Å². The topological polar surface area (TPSA) is 90.7 Å². The summed E-state index contributed by atoms with van der Waals surface area (Å²) in [4.78, 5) is 27.6. The zero-order valence-corrected chi connectivity index (χ0v) is 15.0. The second kappa shape index (κ2) is 8.45. The molecule has 140 valence electrons. The van der Waals surface area contributed by atoms with Crippen LogP contribution in [0, 0.1) is 5.82 Å².